The average molecular weight is 1500 g/mol. The molecule has 0 aliphatic carbocycles. The Kier molecular flexibility index (Phi) is 73.3. The van der Waals surface area contributed by atoms with E-state index >= 15 is 0 Å². The summed E-state index contributed by atoms with van der Waals surface area (Å²) >= 11 is 0. The smallest absolute Gasteiger partial charge is 0.462 e. The van der Waals surface area contributed by atoms with Gasteiger partial charge < -0.3 is 33.8 Å². The number of aliphatic hydroxyl groups is 1. The number of hydrogen-bond donors (Lipinski definition) is 3. The van der Waals surface area contributed by atoms with E-state index < -0.39 is 97.5 Å². The van der Waals surface area contributed by atoms with E-state index in [9.17, 15) is 43.2 Å². The quantitative estimate of drug-likeness (QED) is 0.0169. The second-order valence-corrected chi connectivity index (χ2v) is 29.9. The van der Waals surface area contributed by atoms with Gasteiger partial charge in [0.25, 0.3) is 0 Å². The van der Waals surface area contributed by atoms with Crippen LogP contribution in [0.15, 0.2) is 122 Å². The standard InChI is InChI=1S/C85H146O17P2/c1-5-9-13-17-21-25-29-33-36-38-39-41-44-47-50-54-58-62-66-70-83(88)95-75-80(101-84(89)71-67-63-59-55-51-45-32-28-24-20-16-12-8-4)77-99-103(91,92)97-73-79(86)74-98-104(93,94)100-78-81(102-85(90)72-68-64-60-56-52-48-42-35-31-27-23-19-15-11-7-3)76-96-82(87)69-65-61-57-53-49-46-43-40-37-34-30-26-22-18-14-10-6-2/h9-10,13-14,21-22,25-26,28,32-34,36-37,39,41,43,46-47,50,79-81,86H,5-8,11-12,15-20,23-24,27,29-31,35,38,40,42,44-45,48-49,51-78H2,1-4H3,(H,91,92)(H,93,94)/b13-9-,14-10-,25-21-,26-22-,32-28-,36-33-,37-34-,41-39-,46-43-,50-47-. The molecule has 3 N–H and O–H groups in total. The first kappa shape index (κ1) is 99.5. The number of esters is 4. The zero-order chi connectivity index (χ0) is 76.0. The van der Waals surface area contributed by atoms with Gasteiger partial charge in [0.2, 0.25) is 0 Å². The van der Waals surface area contributed by atoms with E-state index in [2.05, 4.69) is 149 Å². The van der Waals surface area contributed by atoms with Gasteiger partial charge in [-0.3, -0.25) is 37.3 Å². The number of aliphatic hydroxyl groups excluding tert-OH is 1. The van der Waals surface area contributed by atoms with E-state index in [1.54, 1.807) is 0 Å². The van der Waals surface area contributed by atoms with Gasteiger partial charge in [-0.1, -0.05) is 297 Å². The number of phosphoric acid groups is 2. The largest absolute Gasteiger partial charge is 0.472 e. The summed E-state index contributed by atoms with van der Waals surface area (Å²) in [7, 11) is -9.97. The molecule has 0 saturated heterocycles. The molecule has 5 atom stereocenters. The van der Waals surface area contributed by atoms with Gasteiger partial charge in [0.1, 0.15) is 19.3 Å². The molecule has 598 valence electrons. The highest BCUT2D eigenvalue weighted by Gasteiger charge is 2.30. The van der Waals surface area contributed by atoms with Crippen molar-refractivity contribution < 1.29 is 80.2 Å². The van der Waals surface area contributed by atoms with Crippen molar-refractivity contribution >= 4 is 39.5 Å². The maximum absolute atomic E-state index is 13.1. The van der Waals surface area contributed by atoms with E-state index in [0.717, 1.165) is 167 Å². The molecule has 19 heteroatoms. The zero-order valence-corrected chi connectivity index (χ0v) is 67.2. The lowest BCUT2D eigenvalue weighted by Gasteiger charge is -2.21. The van der Waals surface area contributed by atoms with Crippen LogP contribution in [0.2, 0.25) is 0 Å². The molecular formula is C85H146O17P2. The summed E-state index contributed by atoms with van der Waals surface area (Å²) in [5.74, 6) is -2.23. The third-order valence-electron chi connectivity index (χ3n) is 16.9. The Bertz CT molecular complexity index is 2440. The van der Waals surface area contributed by atoms with Crippen LogP contribution in [0.25, 0.3) is 0 Å². The van der Waals surface area contributed by atoms with Crippen LogP contribution in [0, 0.1) is 0 Å². The summed E-state index contributed by atoms with van der Waals surface area (Å²) in [4.78, 5) is 73.1. The van der Waals surface area contributed by atoms with Crippen molar-refractivity contribution in [1.29, 1.82) is 0 Å². The third kappa shape index (κ3) is 75.7. The number of rotatable bonds is 76. The lowest BCUT2D eigenvalue weighted by Crippen LogP contribution is -2.30. The minimum Gasteiger partial charge on any atom is -0.462 e. The monoisotopic (exact) mass is 1500 g/mol. The second-order valence-electron chi connectivity index (χ2n) is 27.0. The number of carbonyl (C=O) groups excluding carboxylic acids is 4. The number of ether oxygens (including phenoxy) is 4. The van der Waals surface area contributed by atoms with Crippen molar-refractivity contribution in [3.05, 3.63) is 122 Å². The fraction of sp³-hybridized carbons (Fsp3) is 0.718. The highest BCUT2D eigenvalue weighted by Crippen LogP contribution is 2.45. The molecule has 104 heavy (non-hydrogen) atoms. The van der Waals surface area contributed by atoms with Crippen molar-refractivity contribution in [1.82, 2.24) is 0 Å². The molecule has 0 aliphatic heterocycles. The molecule has 0 aromatic rings. The van der Waals surface area contributed by atoms with Gasteiger partial charge in [0.05, 0.1) is 26.4 Å². The zero-order valence-electron chi connectivity index (χ0n) is 65.4. The van der Waals surface area contributed by atoms with Crippen LogP contribution in [0.1, 0.15) is 336 Å². The number of phosphoric ester groups is 2. The molecule has 0 heterocycles. The van der Waals surface area contributed by atoms with E-state index in [4.69, 9.17) is 37.0 Å². The molecule has 0 saturated carbocycles. The first-order valence-corrected chi connectivity index (χ1v) is 43.8. The van der Waals surface area contributed by atoms with E-state index in [-0.39, 0.29) is 25.7 Å². The first-order chi connectivity index (χ1) is 50.7. The topological polar surface area (TPSA) is 237 Å². The number of carbonyl (C=O) groups is 4. The van der Waals surface area contributed by atoms with Crippen molar-refractivity contribution in [3.8, 4) is 0 Å². The Balaban J connectivity index is 5.39. The van der Waals surface area contributed by atoms with Gasteiger partial charge in [-0.15, -0.1) is 0 Å². The highest BCUT2D eigenvalue weighted by atomic mass is 31.2. The Hall–Kier alpha value is -4.54. The third-order valence-corrected chi connectivity index (χ3v) is 18.8. The Labute approximate surface area is 632 Å². The lowest BCUT2D eigenvalue weighted by atomic mass is 10.0. The van der Waals surface area contributed by atoms with Crippen molar-refractivity contribution in [2.24, 2.45) is 0 Å². The summed E-state index contributed by atoms with van der Waals surface area (Å²) in [6.07, 6.45) is 84.6. The predicted molar refractivity (Wildman–Crippen MR) is 427 cm³/mol. The van der Waals surface area contributed by atoms with Crippen LogP contribution >= 0.6 is 15.6 Å². The molecule has 17 nitrogen and oxygen atoms in total. The van der Waals surface area contributed by atoms with Crippen LogP contribution in [-0.2, 0) is 65.4 Å². The summed E-state index contributed by atoms with van der Waals surface area (Å²) in [6.45, 7) is 4.60. The van der Waals surface area contributed by atoms with Gasteiger partial charge >= 0.3 is 39.5 Å². The predicted octanol–water partition coefficient (Wildman–Crippen LogP) is 23.9. The van der Waals surface area contributed by atoms with E-state index in [1.807, 2.05) is 0 Å². The molecule has 0 aromatic carbocycles. The molecule has 0 radical (unpaired) electrons. The molecule has 5 unspecified atom stereocenters. The summed E-state index contributed by atoms with van der Waals surface area (Å²) in [5, 5.41) is 10.6. The molecule has 0 spiro atoms. The lowest BCUT2D eigenvalue weighted by molar-refractivity contribution is -0.161. The van der Waals surface area contributed by atoms with Crippen LogP contribution in [0.5, 0.6) is 0 Å². The number of hydrogen-bond acceptors (Lipinski definition) is 15. The van der Waals surface area contributed by atoms with Crippen LogP contribution < -0.4 is 0 Å². The average Bonchev–Trinajstić information content (AvgIpc) is 0.939. The molecule has 0 fully saturated rings. The van der Waals surface area contributed by atoms with Crippen molar-refractivity contribution in [3.63, 3.8) is 0 Å². The van der Waals surface area contributed by atoms with Gasteiger partial charge in [0.15, 0.2) is 12.2 Å². The van der Waals surface area contributed by atoms with Gasteiger partial charge in [-0.2, -0.15) is 0 Å². The van der Waals surface area contributed by atoms with Crippen LogP contribution in [-0.4, -0.2) is 96.7 Å². The normalized spacial score (nSPS) is 14.5. The second kappa shape index (κ2) is 76.6. The fourth-order valence-electron chi connectivity index (χ4n) is 10.8. The molecule has 0 aromatic heterocycles. The molecule has 0 aliphatic rings. The minimum absolute atomic E-state index is 0.0754. The Morgan fingerprint density at radius 3 is 0.798 bits per heavy atom. The van der Waals surface area contributed by atoms with E-state index in [0.29, 0.717) is 25.7 Å². The van der Waals surface area contributed by atoms with Crippen molar-refractivity contribution in [2.45, 2.75) is 354 Å². The van der Waals surface area contributed by atoms with E-state index in [1.165, 1.54) is 89.9 Å². The molecule has 0 bridgehead atoms. The maximum Gasteiger partial charge on any atom is 0.472 e. The molecular weight excluding hydrogens is 1350 g/mol. The van der Waals surface area contributed by atoms with Crippen molar-refractivity contribution in [2.75, 3.05) is 39.6 Å². The number of unbranched alkanes of at least 4 members (excludes halogenated alkanes) is 30. The Morgan fingerprint density at radius 2 is 0.500 bits per heavy atom. The summed E-state index contributed by atoms with van der Waals surface area (Å²) in [6, 6.07) is 0. The fourth-order valence-corrected chi connectivity index (χ4v) is 12.3. The van der Waals surface area contributed by atoms with Gasteiger partial charge in [-0.25, -0.2) is 9.13 Å². The van der Waals surface area contributed by atoms with Gasteiger partial charge in [-0.05, 0) is 135 Å². The number of allylic oxidation sites excluding steroid dienone is 20. The minimum atomic E-state index is -4.99. The van der Waals surface area contributed by atoms with Crippen LogP contribution in [0.3, 0.4) is 0 Å². The highest BCUT2D eigenvalue weighted by molar-refractivity contribution is 7.47. The molecule has 0 amide bonds. The van der Waals surface area contributed by atoms with Crippen LogP contribution in [0.4, 0.5) is 0 Å². The molecule has 0 rings (SSSR count). The Morgan fingerprint density at radius 1 is 0.279 bits per heavy atom. The SMILES string of the molecule is CC/C=C\C/C=C\C/C=C\C/C=C\C/C=C\CCCCCC(=O)OCC(COP(=O)(O)OCC(O)COP(=O)(O)OCC(COC(=O)CCCCCC/C=C\C/C=C\C/C=C\C/C=C\CC)OC(=O)CCCCCCCCCCCCCCCCC)OC(=O)CCCCCCC/C=C\CCCCCC. The summed E-state index contributed by atoms with van der Waals surface area (Å²) in [5.41, 5.74) is 0. The first-order valence-electron chi connectivity index (χ1n) is 40.8. The maximum atomic E-state index is 13.1. The van der Waals surface area contributed by atoms with Gasteiger partial charge in [0, 0.05) is 25.7 Å². The summed E-state index contributed by atoms with van der Waals surface area (Å²) < 4.78 is 68.6.